The lowest BCUT2D eigenvalue weighted by Gasteiger charge is -2.20. The number of benzene rings is 1. The van der Waals surface area contributed by atoms with Gasteiger partial charge in [-0.15, -0.1) is 0 Å². The molecule has 0 saturated heterocycles. The first-order valence-corrected chi connectivity index (χ1v) is 8.45. The molecule has 0 heterocycles. The summed E-state index contributed by atoms with van der Waals surface area (Å²) in [5, 5.41) is 0.174. The number of anilines is 1. The highest BCUT2D eigenvalue weighted by molar-refractivity contribution is 7.92. The molecular formula is C13H17ClN2O3S. The number of hydrogen-bond acceptors (Lipinski definition) is 4. The van der Waals surface area contributed by atoms with E-state index in [1.165, 1.54) is 18.2 Å². The Morgan fingerprint density at radius 3 is 2.60 bits per heavy atom. The van der Waals surface area contributed by atoms with Crippen molar-refractivity contribution in [3.63, 3.8) is 0 Å². The lowest BCUT2D eigenvalue weighted by atomic mass is 10.3. The van der Waals surface area contributed by atoms with Crippen LogP contribution >= 0.6 is 11.6 Å². The zero-order chi connectivity index (χ0) is 14.9. The normalized spacial score (nSPS) is 15.1. The third-order valence-corrected chi connectivity index (χ3v) is 5.22. The second-order valence-corrected chi connectivity index (χ2v) is 7.25. The van der Waals surface area contributed by atoms with Crippen molar-refractivity contribution in [2.24, 2.45) is 0 Å². The van der Waals surface area contributed by atoms with E-state index in [2.05, 4.69) is 0 Å². The van der Waals surface area contributed by atoms with Crippen molar-refractivity contribution in [1.82, 2.24) is 4.90 Å². The molecule has 0 aliphatic heterocycles. The quantitative estimate of drug-likeness (QED) is 0.838. The van der Waals surface area contributed by atoms with Gasteiger partial charge in [0.2, 0.25) is 5.91 Å². The Labute approximate surface area is 123 Å². The van der Waals surface area contributed by atoms with E-state index in [9.17, 15) is 13.2 Å². The summed E-state index contributed by atoms with van der Waals surface area (Å²) in [4.78, 5) is 13.7. The van der Waals surface area contributed by atoms with Crippen LogP contribution in [-0.2, 0) is 14.6 Å². The highest BCUT2D eigenvalue weighted by Crippen LogP contribution is 2.28. The van der Waals surface area contributed by atoms with Gasteiger partial charge in [-0.2, -0.15) is 0 Å². The lowest BCUT2D eigenvalue weighted by Crippen LogP contribution is -2.37. The predicted octanol–water partition coefficient (Wildman–Crippen LogP) is 1.71. The number of sulfone groups is 1. The van der Waals surface area contributed by atoms with Gasteiger partial charge < -0.3 is 10.6 Å². The summed E-state index contributed by atoms with van der Waals surface area (Å²) < 4.78 is 24.4. The molecule has 1 aromatic rings. The number of nitrogen functional groups attached to an aromatic ring is 1. The second-order valence-electron chi connectivity index (χ2n) is 4.85. The van der Waals surface area contributed by atoms with Crippen LogP contribution in [0.15, 0.2) is 23.1 Å². The van der Waals surface area contributed by atoms with E-state index >= 15 is 0 Å². The fourth-order valence-corrected chi connectivity index (χ4v) is 3.53. The van der Waals surface area contributed by atoms with Crippen molar-refractivity contribution in [1.29, 1.82) is 0 Å². The highest BCUT2D eigenvalue weighted by atomic mass is 35.5. The SMILES string of the molecule is CCN(C(=O)CS(=O)(=O)c1ccc(N)c(Cl)c1)C1CC1. The van der Waals surface area contributed by atoms with E-state index in [-0.39, 0.29) is 21.9 Å². The van der Waals surface area contributed by atoms with Gasteiger partial charge in [-0.05, 0) is 38.0 Å². The van der Waals surface area contributed by atoms with E-state index < -0.39 is 15.6 Å². The standard InChI is InChI=1S/C13H17ClN2O3S/c1-2-16(9-3-4-9)13(17)8-20(18,19)10-5-6-12(15)11(14)7-10/h5-7,9H,2-4,8,15H2,1H3. The van der Waals surface area contributed by atoms with E-state index in [1.807, 2.05) is 6.92 Å². The van der Waals surface area contributed by atoms with Gasteiger partial charge in [0.15, 0.2) is 9.84 Å². The molecule has 1 fully saturated rings. The molecule has 0 bridgehead atoms. The second kappa shape index (κ2) is 5.61. The third kappa shape index (κ3) is 3.24. The molecule has 110 valence electrons. The van der Waals surface area contributed by atoms with Crippen LogP contribution in [0.3, 0.4) is 0 Å². The molecule has 2 N–H and O–H groups in total. The molecule has 1 aliphatic rings. The third-order valence-electron chi connectivity index (χ3n) is 3.29. The number of carbonyl (C=O) groups excluding carboxylic acids is 1. The molecule has 2 rings (SSSR count). The van der Waals surface area contributed by atoms with Gasteiger partial charge in [-0.3, -0.25) is 4.79 Å². The van der Waals surface area contributed by atoms with Gasteiger partial charge in [-0.25, -0.2) is 8.42 Å². The number of nitrogens with zero attached hydrogens (tertiary/aromatic N) is 1. The van der Waals surface area contributed by atoms with Gasteiger partial charge in [-0.1, -0.05) is 11.6 Å². The average molecular weight is 317 g/mol. The predicted molar refractivity (Wildman–Crippen MR) is 78.3 cm³/mol. The van der Waals surface area contributed by atoms with Crippen LogP contribution in [0.4, 0.5) is 5.69 Å². The fourth-order valence-electron chi connectivity index (χ4n) is 2.05. The molecule has 20 heavy (non-hydrogen) atoms. The molecule has 1 saturated carbocycles. The van der Waals surface area contributed by atoms with Crippen LogP contribution in [0.2, 0.25) is 5.02 Å². The lowest BCUT2D eigenvalue weighted by molar-refractivity contribution is -0.128. The Bertz CT molecular complexity index is 627. The minimum Gasteiger partial charge on any atom is -0.398 e. The molecule has 0 aromatic heterocycles. The van der Waals surface area contributed by atoms with E-state index in [1.54, 1.807) is 4.90 Å². The average Bonchev–Trinajstić information content (AvgIpc) is 3.17. The van der Waals surface area contributed by atoms with E-state index in [0.717, 1.165) is 12.8 Å². The van der Waals surface area contributed by atoms with Crippen LogP contribution in [0.1, 0.15) is 19.8 Å². The summed E-state index contributed by atoms with van der Waals surface area (Å²) in [6, 6.07) is 4.29. The number of rotatable bonds is 5. The van der Waals surface area contributed by atoms with E-state index in [0.29, 0.717) is 12.2 Å². The van der Waals surface area contributed by atoms with Gasteiger partial charge >= 0.3 is 0 Å². The van der Waals surface area contributed by atoms with Crippen molar-refractivity contribution in [2.45, 2.75) is 30.7 Å². The smallest absolute Gasteiger partial charge is 0.238 e. The van der Waals surface area contributed by atoms with Crippen molar-refractivity contribution >= 4 is 33.0 Å². The van der Waals surface area contributed by atoms with Crippen LogP contribution in [0.5, 0.6) is 0 Å². The Hall–Kier alpha value is -1.27. The molecule has 0 atom stereocenters. The van der Waals surface area contributed by atoms with Gasteiger partial charge in [0.05, 0.1) is 15.6 Å². The number of hydrogen-bond donors (Lipinski definition) is 1. The van der Waals surface area contributed by atoms with Crippen molar-refractivity contribution in [3.05, 3.63) is 23.2 Å². The zero-order valence-corrected chi connectivity index (χ0v) is 12.7. The monoisotopic (exact) mass is 316 g/mol. The first-order chi connectivity index (χ1) is 9.35. The van der Waals surface area contributed by atoms with E-state index in [4.69, 9.17) is 17.3 Å². The molecule has 0 spiro atoms. The van der Waals surface area contributed by atoms with Gasteiger partial charge in [0.25, 0.3) is 0 Å². The largest absolute Gasteiger partial charge is 0.398 e. The number of nitrogens with two attached hydrogens (primary N) is 1. The maximum Gasteiger partial charge on any atom is 0.238 e. The Kier molecular flexibility index (Phi) is 4.25. The van der Waals surface area contributed by atoms with Crippen molar-refractivity contribution < 1.29 is 13.2 Å². The highest BCUT2D eigenvalue weighted by Gasteiger charge is 2.33. The Balaban J connectivity index is 2.17. The molecule has 0 radical (unpaired) electrons. The summed E-state index contributed by atoms with van der Waals surface area (Å²) in [5.74, 6) is -0.889. The maximum atomic E-state index is 12.2. The first-order valence-electron chi connectivity index (χ1n) is 6.42. The van der Waals surface area contributed by atoms with Crippen LogP contribution in [0.25, 0.3) is 0 Å². The molecule has 1 aliphatic carbocycles. The minimum atomic E-state index is -3.69. The van der Waals surface area contributed by atoms with Crippen molar-refractivity contribution in [2.75, 3.05) is 18.0 Å². The summed E-state index contributed by atoms with van der Waals surface area (Å²) >= 11 is 5.82. The van der Waals surface area contributed by atoms with Crippen LogP contribution < -0.4 is 5.73 Å². The molecule has 5 nitrogen and oxygen atoms in total. The molecule has 1 amide bonds. The molecular weight excluding hydrogens is 300 g/mol. The number of amides is 1. The number of halogens is 1. The number of carbonyl (C=O) groups is 1. The summed E-state index contributed by atoms with van der Waals surface area (Å²) in [5.41, 5.74) is 5.86. The summed E-state index contributed by atoms with van der Waals surface area (Å²) in [6.07, 6.45) is 1.90. The van der Waals surface area contributed by atoms with Crippen molar-refractivity contribution in [3.8, 4) is 0 Å². The molecule has 1 aromatic carbocycles. The Morgan fingerprint density at radius 1 is 1.45 bits per heavy atom. The summed E-state index contributed by atoms with van der Waals surface area (Å²) in [7, 11) is -3.69. The zero-order valence-electron chi connectivity index (χ0n) is 11.2. The summed E-state index contributed by atoms with van der Waals surface area (Å²) in [6.45, 7) is 2.38. The molecule has 7 heteroatoms. The topological polar surface area (TPSA) is 80.5 Å². The minimum absolute atomic E-state index is 0.0249. The van der Waals surface area contributed by atoms with Crippen LogP contribution in [0, 0.1) is 0 Å². The molecule has 0 unspecified atom stereocenters. The Morgan fingerprint density at radius 2 is 2.10 bits per heavy atom. The van der Waals surface area contributed by atoms with Gasteiger partial charge in [0, 0.05) is 12.6 Å². The maximum absolute atomic E-state index is 12.2. The fraction of sp³-hybridized carbons (Fsp3) is 0.462. The first kappa shape index (κ1) is 15.1. The van der Waals surface area contributed by atoms with Gasteiger partial charge in [0.1, 0.15) is 5.75 Å². The van der Waals surface area contributed by atoms with Crippen LogP contribution in [-0.4, -0.2) is 37.6 Å².